The van der Waals surface area contributed by atoms with Crippen LogP contribution in [0, 0.1) is 5.82 Å². The van der Waals surface area contributed by atoms with E-state index in [2.05, 4.69) is 26.2 Å². The zero-order valence-electron chi connectivity index (χ0n) is 10.8. The maximum absolute atomic E-state index is 14.3. The Morgan fingerprint density at radius 1 is 1.14 bits per heavy atom. The smallest absolute Gasteiger partial charge is 0.134 e. The molecule has 0 spiro atoms. The summed E-state index contributed by atoms with van der Waals surface area (Å²) in [6.45, 7) is 1.17. The van der Waals surface area contributed by atoms with E-state index in [1.54, 1.807) is 12.1 Å². The quantitative estimate of drug-likeness (QED) is 0.718. The zero-order chi connectivity index (χ0) is 15.0. The average Bonchev–Trinajstić information content (AvgIpc) is 2.66. The highest BCUT2D eigenvalue weighted by atomic mass is 79.9. The Hall–Kier alpha value is -1.10. The van der Waals surface area contributed by atoms with Crippen LogP contribution in [0.15, 0.2) is 39.8 Å². The van der Waals surface area contributed by atoms with Crippen molar-refractivity contribution < 1.29 is 4.39 Å². The summed E-state index contributed by atoms with van der Waals surface area (Å²) in [7, 11) is 0. The van der Waals surface area contributed by atoms with E-state index in [1.807, 2.05) is 12.1 Å². The number of benzodiazepines with no additional fused rings is 1. The lowest BCUT2D eigenvalue weighted by Gasteiger charge is -2.15. The first-order valence-corrected chi connectivity index (χ1v) is 7.85. The summed E-state index contributed by atoms with van der Waals surface area (Å²) in [6, 6.07) is 8.32. The van der Waals surface area contributed by atoms with Crippen molar-refractivity contribution in [3.63, 3.8) is 0 Å². The first-order chi connectivity index (χ1) is 10.1. The molecule has 2 nitrogen and oxygen atoms in total. The lowest BCUT2D eigenvalue weighted by atomic mass is 10.00. The van der Waals surface area contributed by atoms with E-state index in [-0.39, 0.29) is 5.56 Å². The fourth-order valence-electron chi connectivity index (χ4n) is 2.29. The number of anilines is 1. The molecule has 0 aliphatic carbocycles. The molecule has 1 aliphatic heterocycles. The SMILES string of the molecule is Fc1cccc(Cl)c1C1=NCCNc2ccc(Br)c(Cl)c21. The van der Waals surface area contributed by atoms with Gasteiger partial charge in [0.1, 0.15) is 5.82 Å². The monoisotopic (exact) mass is 386 g/mol. The second-order valence-electron chi connectivity index (χ2n) is 4.54. The number of nitrogens with one attached hydrogen (secondary N) is 1. The molecule has 0 bridgehead atoms. The molecule has 2 aromatic carbocycles. The van der Waals surface area contributed by atoms with Crippen molar-refractivity contribution in [3.05, 3.63) is 61.8 Å². The molecule has 0 saturated carbocycles. The number of halogens is 4. The Balaban J connectivity index is 2.31. The molecule has 108 valence electrons. The summed E-state index contributed by atoms with van der Waals surface area (Å²) < 4.78 is 15.0. The summed E-state index contributed by atoms with van der Waals surface area (Å²) >= 11 is 16.0. The fourth-order valence-corrected chi connectivity index (χ4v) is 3.13. The zero-order valence-corrected chi connectivity index (χ0v) is 13.9. The van der Waals surface area contributed by atoms with Gasteiger partial charge in [-0.1, -0.05) is 29.3 Å². The minimum absolute atomic E-state index is 0.282. The van der Waals surface area contributed by atoms with Crippen molar-refractivity contribution in [3.8, 4) is 0 Å². The Kier molecular flexibility index (Phi) is 4.20. The second-order valence-corrected chi connectivity index (χ2v) is 6.18. The van der Waals surface area contributed by atoms with Gasteiger partial charge < -0.3 is 5.32 Å². The minimum atomic E-state index is -0.412. The Morgan fingerprint density at radius 3 is 2.71 bits per heavy atom. The van der Waals surface area contributed by atoms with Crippen LogP contribution in [0.4, 0.5) is 10.1 Å². The predicted octanol–water partition coefficient (Wildman–Crippen LogP) is 5.16. The number of hydrogen-bond acceptors (Lipinski definition) is 2. The highest BCUT2D eigenvalue weighted by Gasteiger charge is 2.23. The molecular formula is C15H10BrCl2FN2. The van der Waals surface area contributed by atoms with Crippen LogP contribution < -0.4 is 5.32 Å². The van der Waals surface area contributed by atoms with E-state index in [0.29, 0.717) is 34.4 Å². The van der Waals surface area contributed by atoms with E-state index in [1.165, 1.54) is 6.07 Å². The van der Waals surface area contributed by atoms with Gasteiger partial charge in [-0.15, -0.1) is 0 Å². The molecule has 0 saturated heterocycles. The number of rotatable bonds is 1. The maximum atomic E-state index is 14.3. The maximum Gasteiger partial charge on any atom is 0.134 e. The standard InChI is InChI=1S/C15H10BrCl2FN2/c16-8-4-5-11-13(14(8)18)15(21-7-6-20-11)12-9(17)2-1-3-10(12)19/h1-5,20H,6-7H2. The summed E-state index contributed by atoms with van der Waals surface area (Å²) in [4.78, 5) is 4.48. The number of benzene rings is 2. The van der Waals surface area contributed by atoms with Crippen LogP contribution in [0.5, 0.6) is 0 Å². The van der Waals surface area contributed by atoms with E-state index in [0.717, 1.165) is 10.2 Å². The minimum Gasteiger partial charge on any atom is -0.383 e. The summed E-state index contributed by atoms with van der Waals surface area (Å²) in [6.07, 6.45) is 0. The molecule has 0 aromatic heterocycles. The topological polar surface area (TPSA) is 24.4 Å². The lowest BCUT2D eigenvalue weighted by Crippen LogP contribution is -2.09. The third-order valence-corrected chi connectivity index (χ3v) is 4.83. The van der Waals surface area contributed by atoms with Gasteiger partial charge in [0.15, 0.2) is 0 Å². The van der Waals surface area contributed by atoms with Gasteiger partial charge in [-0.05, 0) is 40.2 Å². The largest absolute Gasteiger partial charge is 0.383 e. The van der Waals surface area contributed by atoms with Crippen LogP contribution in [0.2, 0.25) is 10.0 Å². The molecule has 21 heavy (non-hydrogen) atoms. The van der Waals surface area contributed by atoms with Crippen molar-refractivity contribution in [1.29, 1.82) is 0 Å². The van der Waals surface area contributed by atoms with Crippen molar-refractivity contribution in [2.45, 2.75) is 0 Å². The first kappa shape index (κ1) is 14.8. The summed E-state index contributed by atoms with van der Waals surface area (Å²) in [5.41, 5.74) is 2.24. The number of hydrogen-bond donors (Lipinski definition) is 1. The van der Waals surface area contributed by atoms with Crippen molar-refractivity contribution in [2.24, 2.45) is 4.99 Å². The molecule has 1 aliphatic rings. The van der Waals surface area contributed by atoms with Gasteiger partial charge in [-0.25, -0.2) is 4.39 Å². The van der Waals surface area contributed by atoms with E-state index in [9.17, 15) is 4.39 Å². The fraction of sp³-hybridized carbons (Fsp3) is 0.133. The third-order valence-electron chi connectivity index (χ3n) is 3.23. The predicted molar refractivity (Wildman–Crippen MR) is 89.6 cm³/mol. The van der Waals surface area contributed by atoms with Gasteiger partial charge in [0.2, 0.25) is 0 Å². The highest BCUT2D eigenvalue weighted by molar-refractivity contribution is 9.10. The van der Waals surface area contributed by atoms with Crippen molar-refractivity contribution in [1.82, 2.24) is 0 Å². The van der Waals surface area contributed by atoms with Gasteiger partial charge in [0, 0.05) is 22.3 Å². The lowest BCUT2D eigenvalue weighted by molar-refractivity contribution is 0.625. The van der Waals surface area contributed by atoms with Gasteiger partial charge in [0.05, 0.1) is 27.9 Å². The molecule has 1 heterocycles. The van der Waals surface area contributed by atoms with Crippen LogP contribution >= 0.6 is 39.1 Å². The molecular weight excluding hydrogens is 378 g/mol. The molecule has 0 unspecified atom stereocenters. The molecule has 0 fully saturated rings. The Bertz CT molecular complexity index is 726. The number of nitrogens with zero attached hydrogens (tertiary/aromatic N) is 1. The van der Waals surface area contributed by atoms with E-state index < -0.39 is 5.82 Å². The summed E-state index contributed by atoms with van der Waals surface area (Å²) in [5, 5.41) is 4.05. The van der Waals surface area contributed by atoms with Crippen LogP contribution in [-0.2, 0) is 0 Å². The highest BCUT2D eigenvalue weighted by Crippen LogP contribution is 2.36. The molecule has 3 rings (SSSR count). The van der Waals surface area contributed by atoms with Gasteiger partial charge in [-0.2, -0.15) is 0 Å². The van der Waals surface area contributed by atoms with Crippen molar-refractivity contribution in [2.75, 3.05) is 18.4 Å². The van der Waals surface area contributed by atoms with Crippen molar-refractivity contribution >= 4 is 50.5 Å². The molecule has 1 N–H and O–H groups in total. The van der Waals surface area contributed by atoms with Gasteiger partial charge in [-0.3, -0.25) is 4.99 Å². The first-order valence-electron chi connectivity index (χ1n) is 6.30. The van der Waals surface area contributed by atoms with E-state index >= 15 is 0 Å². The van der Waals surface area contributed by atoms with Crippen LogP contribution in [0.1, 0.15) is 11.1 Å². The molecule has 6 heteroatoms. The van der Waals surface area contributed by atoms with Gasteiger partial charge in [0.25, 0.3) is 0 Å². The number of fused-ring (bicyclic) bond motifs is 1. The Labute approximate surface area is 140 Å². The molecule has 2 aromatic rings. The molecule has 0 amide bonds. The van der Waals surface area contributed by atoms with Crippen LogP contribution in [-0.4, -0.2) is 18.8 Å². The third kappa shape index (κ3) is 2.68. The molecule has 0 atom stereocenters. The second kappa shape index (κ2) is 5.95. The molecule has 0 radical (unpaired) electrons. The van der Waals surface area contributed by atoms with Crippen LogP contribution in [0.3, 0.4) is 0 Å². The average molecular weight is 388 g/mol. The van der Waals surface area contributed by atoms with E-state index in [4.69, 9.17) is 23.2 Å². The summed E-state index contributed by atoms with van der Waals surface area (Å²) in [5.74, 6) is -0.412. The Morgan fingerprint density at radius 2 is 1.95 bits per heavy atom. The van der Waals surface area contributed by atoms with Gasteiger partial charge >= 0.3 is 0 Å². The van der Waals surface area contributed by atoms with Crippen LogP contribution in [0.25, 0.3) is 0 Å². The normalized spacial score (nSPS) is 14.0. The number of aliphatic imine (C=N–C) groups is 1.